The predicted molar refractivity (Wildman–Crippen MR) is 121 cm³/mol. The van der Waals surface area contributed by atoms with Gasteiger partial charge in [0.25, 0.3) is 5.91 Å². The molecule has 0 unspecified atom stereocenters. The second-order valence-corrected chi connectivity index (χ2v) is 7.25. The van der Waals surface area contributed by atoms with Crippen LogP contribution in [0, 0.1) is 0 Å². The van der Waals surface area contributed by atoms with Crippen LogP contribution in [-0.4, -0.2) is 18.2 Å². The molecule has 0 aliphatic rings. The number of carbonyl (C=O) groups is 1. The van der Waals surface area contributed by atoms with Gasteiger partial charge in [-0.15, -0.1) is 0 Å². The molecular formula is C23H22BrN3O2. The van der Waals surface area contributed by atoms with Gasteiger partial charge in [0.1, 0.15) is 17.5 Å². The molecule has 3 rings (SSSR count). The van der Waals surface area contributed by atoms with E-state index in [1.165, 1.54) is 0 Å². The second kappa shape index (κ2) is 10.4. The number of anilines is 1. The first-order valence-electron chi connectivity index (χ1n) is 9.32. The molecule has 0 radical (unpaired) electrons. The number of hydrazone groups is 1. The van der Waals surface area contributed by atoms with E-state index in [0.29, 0.717) is 12.2 Å². The van der Waals surface area contributed by atoms with Crippen LogP contribution in [-0.2, 0) is 4.79 Å². The summed E-state index contributed by atoms with van der Waals surface area (Å²) < 4.78 is 6.80. The summed E-state index contributed by atoms with van der Waals surface area (Å²) in [7, 11) is 0. The zero-order valence-corrected chi connectivity index (χ0v) is 17.6. The van der Waals surface area contributed by atoms with Crippen LogP contribution in [0.1, 0.15) is 18.9 Å². The maximum atomic E-state index is 12.4. The second-order valence-electron chi connectivity index (χ2n) is 6.33. The summed E-state index contributed by atoms with van der Waals surface area (Å²) in [6.45, 7) is 1.95. The highest BCUT2D eigenvalue weighted by molar-refractivity contribution is 9.10. The third-order valence-corrected chi connectivity index (χ3v) is 4.66. The van der Waals surface area contributed by atoms with Gasteiger partial charge in [-0.1, -0.05) is 53.2 Å². The molecule has 0 fully saturated rings. The first-order chi connectivity index (χ1) is 14.1. The van der Waals surface area contributed by atoms with Gasteiger partial charge in [-0.3, -0.25) is 4.79 Å². The fourth-order valence-corrected chi connectivity index (χ4v) is 2.90. The summed E-state index contributed by atoms with van der Waals surface area (Å²) in [6, 6.07) is 24.4. The van der Waals surface area contributed by atoms with Crippen molar-refractivity contribution in [3.05, 3.63) is 88.9 Å². The van der Waals surface area contributed by atoms with Crippen LogP contribution in [0.15, 0.2) is 88.4 Å². The average molecular weight is 452 g/mol. The van der Waals surface area contributed by atoms with Crippen molar-refractivity contribution >= 4 is 33.7 Å². The van der Waals surface area contributed by atoms with Crippen LogP contribution < -0.4 is 15.5 Å². The maximum absolute atomic E-state index is 12.4. The highest BCUT2D eigenvalue weighted by Gasteiger charge is 2.15. The van der Waals surface area contributed by atoms with Gasteiger partial charge in [-0.25, -0.2) is 5.43 Å². The number of hydrogen-bond acceptors (Lipinski definition) is 4. The number of rotatable bonds is 8. The third-order valence-electron chi connectivity index (χ3n) is 4.14. The largest absolute Gasteiger partial charge is 0.457 e. The molecule has 0 aromatic heterocycles. The Labute approximate surface area is 178 Å². The number of benzene rings is 3. The van der Waals surface area contributed by atoms with E-state index in [1.807, 2.05) is 85.8 Å². The van der Waals surface area contributed by atoms with Crippen molar-refractivity contribution in [2.24, 2.45) is 5.10 Å². The molecule has 0 aliphatic heterocycles. The van der Waals surface area contributed by atoms with Gasteiger partial charge in [0.2, 0.25) is 0 Å². The minimum absolute atomic E-state index is 0.191. The predicted octanol–water partition coefficient (Wildman–Crippen LogP) is 5.58. The van der Waals surface area contributed by atoms with E-state index in [1.54, 1.807) is 6.21 Å². The number of nitrogens with zero attached hydrogens (tertiary/aromatic N) is 1. The lowest BCUT2D eigenvalue weighted by Gasteiger charge is -2.16. The summed E-state index contributed by atoms with van der Waals surface area (Å²) in [5, 5.41) is 7.30. The highest BCUT2D eigenvalue weighted by Crippen LogP contribution is 2.21. The van der Waals surface area contributed by atoms with E-state index in [4.69, 9.17) is 4.74 Å². The smallest absolute Gasteiger partial charge is 0.262 e. The van der Waals surface area contributed by atoms with Crippen molar-refractivity contribution in [2.75, 3.05) is 5.32 Å². The Morgan fingerprint density at radius 3 is 2.48 bits per heavy atom. The number of para-hydroxylation sites is 1. The van der Waals surface area contributed by atoms with E-state index in [0.717, 1.165) is 21.5 Å². The first-order valence-corrected chi connectivity index (χ1v) is 10.1. The Bertz CT molecular complexity index is 959. The number of hydrogen-bond donors (Lipinski definition) is 2. The quantitative estimate of drug-likeness (QED) is 0.346. The zero-order valence-electron chi connectivity index (χ0n) is 16.0. The summed E-state index contributed by atoms with van der Waals surface area (Å²) >= 11 is 3.40. The van der Waals surface area contributed by atoms with Crippen molar-refractivity contribution < 1.29 is 9.53 Å². The highest BCUT2D eigenvalue weighted by atomic mass is 79.9. The minimum atomic E-state index is -0.374. The Hall–Kier alpha value is -3.12. The topological polar surface area (TPSA) is 62.7 Å². The SMILES string of the molecule is CC[C@@H](Nc1ccc(Br)cc1)C(=O)N/N=C\c1cccc(Oc2ccccc2)c1. The van der Waals surface area contributed by atoms with Gasteiger partial charge >= 0.3 is 0 Å². The molecule has 1 atom stereocenters. The molecule has 5 nitrogen and oxygen atoms in total. The maximum Gasteiger partial charge on any atom is 0.262 e. The van der Waals surface area contributed by atoms with Crippen molar-refractivity contribution in [3.63, 3.8) is 0 Å². The Kier molecular flexibility index (Phi) is 7.41. The van der Waals surface area contributed by atoms with Crippen LogP contribution in [0.4, 0.5) is 5.69 Å². The van der Waals surface area contributed by atoms with Crippen LogP contribution in [0.2, 0.25) is 0 Å². The normalized spacial score (nSPS) is 11.8. The molecule has 3 aromatic carbocycles. The molecule has 148 valence electrons. The molecule has 0 saturated heterocycles. The molecule has 1 amide bonds. The number of halogens is 1. The summed E-state index contributed by atoms with van der Waals surface area (Å²) in [6.07, 6.45) is 2.24. The molecular weight excluding hydrogens is 430 g/mol. The summed E-state index contributed by atoms with van der Waals surface area (Å²) in [4.78, 5) is 12.4. The standard InChI is InChI=1S/C23H22BrN3O2/c1-2-22(26-19-13-11-18(24)12-14-19)23(28)27-25-16-17-7-6-10-21(15-17)29-20-8-4-3-5-9-20/h3-16,22,26H,2H2,1H3,(H,27,28)/b25-16-/t22-/m1/s1. The number of ether oxygens (including phenoxy) is 1. The average Bonchev–Trinajstić information content (AvgIpc) is 2.74. The number of nitrogens with one attached hydrogen (secondary N) is 2. The fourth-order valence-electron chi connectivity index (χ4n) is 2.63. The van der Waals surface area contributed by atoms with Crippen molar-refractivity contribution in [2.45, 2.75) is 19.4 Å². The van der Waals surface area contributed by atoms with Crippen LogP contribution in [0.3, 0.4) is 0 Å². The summed E-state index contributed by atoms with van der Waals surface area (Å²) in [5.41, 5.74) is 4.31. The summed E-state index contributed by atoms with van der Waals surface area (Å²) in [5.74, 6) is 1.28. The van der Waals surface area contributed by atoms with Crippen LogP contribution in [0.25, 0.3) is 0 Å². The van der Waals surface area contributed by atoms with E-state index in [2.05, 4.69) is 31.8 Å². The molecule has 0 heterocycles. The van der Waals surface area contributed by atoms with Crippen molar-refractivity contribution in [3.8, 4) is 11.5 Å². The van der Waals surface area contributed by atoms with E-state index in [-0.39, 0.29) is 11.9 Å². The molecule has 0 aliphatic carbocycles. The lowest BCUT2D eigenvalue weighted by molar-refractivity contribution is -0.121. The molecule has 29 heavy (non-hydrogen) atoms. The first kappa shape index (κ1) is 20.6. The number of carbonyl (C=O) groups excluding carboxylic acids is 1. The van der Waals surface area contributed by atoms with Crippen molar-refractivity contribution in [1.82, 2.24) is 5.43 Å². The Morgan fingerprint density at radius 1 is 1.03 bits per heavy atom. The van der Waals surface area contributed by atoms with E-state index < -0.39 is 0 Å². The van der Waals surface area contributed by atoms with Gasteiger partial charge < -0.3 is 10.1 Å². The fraction of sp³-hybridized carbons (Fsp3) is 0.130. The van der Waals surface area contributed by atoms with E-state index >= 15 is 0 Å². The molecule has 0 bridgehead atoms. The Balaban J connectivity index is 1.57. The van der Waals surface area contributed by atoms with Gasteiger partial charge in [0.05, 0.1) is 6.21 Å². The van der Waals surface area contributed by atoms with E-state index in [9.17, 15) is 4.79 Å². The number of amides is 1. The van der Waals surface area contributed by atoms with Gasteiger partial charge in [-0.2, -0.15) is 5.10 Å². The molecule has 6 heteroatoms. The molecule has 0 saturated carbocycles. The van der Waals surface area contributed by atoms with Crippen LogP contribution >= 0.6 is 15.9 Å². The molecule has 3 aromatic rings. The molecule has 0 spiro atoms. The minimum Gasteiger partial charge on any atom is -0.457 e. The van der Waals surface area contributed by atoms with Gasteiger partial charge in [0.15, 0.2) is 0 Å². The van der Waals surface area contributed by atoms with Crippen LogP contribution in [0.5, 0.6) is 11.5 Å². The van der Waals surface area contributed by atoms with Crippen molar-refractivity contribution in [1.29, 1.82) is 0 Å². The molecule has 2 N–H and O–H groups in total. The Morgan fingerprint density at radius 2 is 1.76 bits per heavy atom. The van der Waals surface area contributed by atoms with Gasteiger partial charge in [-0.05, 0) is 60.5 Å². The van der Waals surface area contributed by atoms with Gasteiger partial charge in [0, 0.05) is 10.2 Å². The lowest BCUT2D eigenvalue weighted by Crippen LogP contribution is -2.36. The zero-order chi connectivity index (χ0) is 20.5. The third kappa shape index (κ3) is 6.47. The monoisotopic (exact) mass is 451 g/mol. The lowest BCUT2D eigenvalue weighted by atomic mass is 10.2.